The molecular weight excluding hydrogens is 313 g/mol. The molecule has 0 spiro atoms. The van der Waals surface area contributed by atoms with E-state index in [1.807, 2.05) is 0 Å². The van der Waals surface area contributed by atoms with Crippen molar-refractivity contribution in [3.63, 3.8) is 0 Å². The van der Waals surface area contributed by atoms with Crippen molar-refractivity contribution in [3.8, 4) is 5.75 Å². The summed E-state index contributed by atoms with van der Waals surface area (Å²) in [6, 6.07) is 4.61. The first-order chi connectivity index (χ1) is 11.6. The van der Waals surface area contributed by atoms with Crippen LogP contribution >= 0.6 is 0 Å². The molecule has 0 radical (unpaired) electrons. The van der Waals surface area contributed by atoms with E-state index in [2.05, 4.69) is 5.32 Å². The van der Waals surface area contributed by atoms with Crippen LogP contribution in [0, 0.1) is 11.7 Å². The highest BCUT2D eigenvalue weighted by Crippen LogP contribution is 2.31. The number of hydrogen-bond donors (Lipinski definition) is 2. The second-order valence-corrected chi connectivity index (χ2v) is 6.62. The zero-order chi connectivity index (χ0) is 16.9. The smallest absolute Gasteiger partial charge is 0.306 e. The van der Waals surface area contributed by atoms with Crippen molar-refractivity contribution in [2.45, 2.75) is 50.7 Å². The predicted octanol–water partition coefficient (Wildman–Crippen LogP) is 3.44. The summed E-state index contributed by atoms with van der Waals surface area (Å²) in [5, 5.41) is 12.4. The van der Waals surface area contributed by atoms with Crippen LogP contribution in [0.5, 0.6) is 5.75 Å². The summed E-state index contributed by atoms with van der Waals surface area (Å²) in [7, 11) is 0. The fourth-order valence-corrected chi connectivity index (χ4v) is 3.40. The second kappa shape index (κ2) is 7.83. The van der Waals surface area contributed by atoms with Crippen LogP contribution in [0.3, 0.4) is 0 Å². The van der Waals surface area contributed by atoms with Crippen LogP contribution in [0.25, 0.3) is 0 Å². The predicted molar refractivity (Wildman–Crippen MR) is 87.9 cm³/mol. The number of hydrogen-bond acceptors (Lipinski definition) is 4. The first-order valence-electron chi connectivity index (χ1n) is 8.65. The van der Waals surface area contributed by atoms with Gasteiger partial charge in [0.25, 0.3) is 0 Å². The van der Waals surface area contributed by atoms with Gasteiger partial charge in [-0.05, 0) is 50.7 Å². The Morgan fingerprint density at radius 3 is 2.75 bits per heavy atom. The molecule has 2 fully saturated rings. The molecule has 5 nitrogen and oxygen atoms in total. The van der Waals surface area contributed by atoms with Crippen molar-refractivity contribution in [1.82, 2.24) is 0 Å². The number of rotatable bonds is 6. The number of carboxylic acid groups (broad SMARTS) is 1. The van der Waals surface area contributed by atoms with Crippen LogP contribution in [-0.4, -0.2) is 36.4 Å². The molecule has 0 bridgehead atoms. The van der Waals surface area contributed by atoms with Gasteiger partial charge >= 0.3 is 5.97 Å². The fraction of sp³-hybridized carbons (Fsp3) is 0.611. The van der Waals surface area contributed by atoms with Crippen molar-refractivity contribution in [2.75, 3.05) is 18.5 Å². The minimum atomic E-state index is -0.722. The number of halogens is 1. The second-order valence-electron chi connectivity index (χ2n) is 6.62. The number of carboxylic acids is 1. The molecule has 24 heavy (non-hydrogen) atoms. The Labute approximate surface area is 141 Å². The van der Waals surface area contributed by atoms with Gasteiger partial charge in [-0.3, -0.25) is 4.79 Å². The summed E-state index contributed by atoms with van der Waals surface area (Å²) >= 11 is 0. The van der Waals surface area contributed by atoms with Crippen LogP contribution in [0.2, 0.25) is 0 Å². The van der Waals surface area contributed by atoms with E-state index >= 15 is 0 Å². The van der Waals surface area contributed by atoms with Crippen molar-refractivity contribution < 1.29 is 23.8 Å². The number of benzene rings is 1. The molecule has 3 rings (SSSR count). The maximum absolute atomic E-state index is 13.6. The Balaban J connectivity index is 1.59. The summed E-state index contributed by atoms with van der Waals surface area (Å²) in [6.07, 6.45) is 4.97. The normalized spacial score (nSPS) is 27.0. The van der Waals surface area contributed by atoms with Gasteiger partial charge in [-0.25, -0.2) is 4.39 Å². The van der Waals surface area contributed by atoms with E-state index < -0.39 is 5.97 Å². The molecule has 1 atom stereocenters. The topological polar surface area (TPSA) is 67.8 Å². The van der Waals surface area contributed by atoms with Gasteiger partial charge in [0, 0.05) is 18.7 Å². The van der Waals surface area contributed by atoms with E-state index in [9.17, 15) is 9.18 Å². The first-order valence-corrected chi connectivity index (χ1v) is 8.65. The van der Waals surface area contributed by atoms with E-state index in [0.29, 0.717) is 30.9 Å². The maximum atomic E-state index is 13.6. The average molecular weight is 337 g/mol. The molecular formula is C18H24FNO4. The lowest BCUT2D eigenvalue weighted by atomic mass is 9.86. The third kappa shape index (κ3) is 4.38. The minimum absolute atomic E-state index is 0.105. The standard InChI is InChI=1S/C18H24FNO4/c19-13-5-8-17(24-11-15-2-1-9-23-15)16(10-13)20-14-6-3-12(4-7-14)18(21)22/h5,8,10,12,14-15,20H,1-4,6-7,9,11H2,(H,21,22). The van der Waals surface area contributed by atoms with Gasteiger partial charge in [0.2, 0.25) is 0 Å². The Bertz CT molecular complexity index is 566. The quantitative estimate of drug-likeness (QED) is 0.832. The van der Waals surface area contributed by atoms with Gasteiger partial charge in [-0.15, -0.1) is 0 Å². The van der Waals surface area contributed by atoms with Gasteiger partial charge in [0.05, 0.1) is 17.7 Å². The van der Waals surface area contributed by atoms with Gasteiger partial charge in [0.1, 0.15) is 18.2 Å². The van der Waals surface area contributed by atoms with Gasteiger partial charge in [0.15, 0.2) is 0 Å². The molecule has 1 aromatic carbocycles. The maximum Gasteiger partial charge on any atom is 0.306 e. The Morgan fingerprint density at radius 2 is 2.08 bits per heavy atom. The van der Waals surface area contributed by atoms with Crippen LogP contribution < -0.4 is 10.1 Å². The molecule has 1 aliphatic heterocycles. The Morgan fingerprint density at radius 1 is 1.29 bits per heavy atom. The minimum Gasteiger partial charge on any atom is -0.489 e. The Kier molecular flexibility index (Phi) is 5.56. The third-order valence-corrected chi connectivity index (χ3v) is 4.83. The number of anilines is 1. The summed E-state index contributed by atoms with van der Waals surface area (Å²) in [4.78, 5) is 11.0. The first kappa shape index (κ1) is 17.0. The third-order valence-electron chi connectivity index (χ3n) is 4.83. The largest absolute Gasteiger partial charge is 0.489 e. The molecule has 1 aromatic rings. The monoisotopic (exact) mass is 337 g/mol. The zero-order valence-electron chi connectivity index (χ0n) is 13.7. The van der Waals surface area contributed by atoms with Crippen molar-refractivity contribution in [2.24, 2.45) is 5.92 Å². The number of ether oxygens (including phenoxy) is 2. The zero-order valence-corrected chi connectivity index (χ0v) is 13.7. The van der Waals surface area contributed by atoms with Gasteiger partial charge in [-0.1, -0.05) is 0 Å². The van der Waals surface area contributed by atoms with Crippen molar-refractivity contribution in [1.29, 1.82) is 0 Å². The van der Waals surface area contributed by atoms with Crippen molar-refractivity contribution >= 4 is 11.7 Å². The number of aliphatic carboxylic acids is 1. The molecule has 1 aliphatic carbocycles. The molecule has 0 amide bonds. The lowest BCUT2D eigenvalue weighted by molar-refractivity contribution is -0.142. The van der Waals surface area contributed by atoms with Crippen LogP contribution in [0.4, 0.5) is 10.1 Å². The van der Waals surface area contributed by atoms with E-state index in [1.54, 1.807) is 6.07 Å². The molecule has 6 heteroatoms. The van der Waals surface area contributed by atoms with E-state index in [-0.39, 0.29) is 23.9 Å². The van der Waals surface area contributed by atoms with E-state index in [4.69, 9.17) is 14.6 Å². The summed E-state index contributed by atoms with van der Waals surface area (Å²) in [6.45, 7) is 1.24. The fourth-order valence-electron chi connectivity index (χ4n) is 3.40. The highest BCUT2D eigenvalue weighted by molar-refractivity contribution is 5.70. The summed E-state index contributed by atoms with van der Waals surface area (Å²) in [5.74, 6) is -0.681. The lowest BCUT2D eigenvalue weighted by Crippen LogP contribution is -2.29. The molecule has 132 valence electrons. The van der Waals surface area contributed by atoms with Crippen LogP contribution in [-0.2, 0) is 9.53 Å². The highest BCUT2D eigenvalue weighted by Gasteiger charge is 2.26. The van der Waals surface area contributed by atoms with E-state index in [1.165, 1.54) is 12.1 Å². The molecule has 1 saturated heterocycles. The van der Waals surface area contributed by atoms with Gasteiger partial charge in [-0.2, -0.15) is 0 Å². The van der Waals surface area contributed by atoms with Crippen molar-refractivity contribution in [3.05, 3.63) is 24.0 Å². The molecule has 1 saturated carbocycles. The highest BCUT2D eigenvalue weighted by atomic mass is 19.1. The molecule has 0 aromatic heterocycles. The molecule has 1 heterocycles. The number of nitrogens with one attached hydrogen (secondary N) is 1. The molecule has 2 aliphatic rings. The SMILES string of the molecule is O=C(O)C1CCC(Nc2cc(F)ccc2OCC2CCCO2)CC1. The van der Waals surface area contributed by atoms with Crippen LogP contribution in [0.1, 0.15) is 38.5 Å². The van der Waals surface area contributed by atoms with Gasteiger partial charge < -0.3 is 19.9 Å². The lowest BCUT2D eigenvalue weighted by Gasteiger charge is -2.28. The summed E-state index contributed by atoms with van der Waals surface area (Å²) in [5.41, 5.74) is 0.631. The number of carbonyl (C=O) groups is 1. The van der Waals surface area contributed by atoms with Crippen LogP contribution in [0.15, 0.2) is 18.2 Å². The molecule has 2 N–H and O–H groups in total. The Hall–Kier alpha value is -1.82. The molecule has 1 unspecified atom stereocenters. The van der Waals surface area contributed by atoms with E-state index in [0.717, 1.165) is 32.3 Å². The summed E-state index contributed by atoms with van der Waals surface area (Å²) < 4.78 is 25.0. The average Bonchev–Trinajstić information content (AvgIpc) is 3.08.